The molecule has 1 saturated heterocycles. The van der Waals surface area contributed by atoms with Crippen molar-refractivity contribution in [3.63, 3.8) is 0 Å². The van der Waals surface area contributed by atoms with Crippen molar-refractivity contribution in [2.75, 3.05) is 0 Å². The summed E-state index contributed by atoms with van der Waals surface area (Å²) in [7, 11) is 0. The van der Waals surface area contributed by atoms with E-state index in [0.29, 0.717) is 16.8 Å². The molecule has 1 aliphatic rings. The normalized spacial score (nSPS) is 27.8. The minimum Gasteiger partial charge on any atom is -0.393 e. The van der Waals surface area contributed by atoms with E-state index in [1.807, 2.05) is 0 Å². The highest BCUT2D eigenvalue weighted by molar-refractivity contribution is 9.09. The molecule has 0 radical (unpaired) electrons. The molecule has 1 aromatic rings. The van der Waals surface area contributed by atoms with Crippen LogP contribution in [0.1, 0.15) is 45.1 Å². The second-order valence-corrected chi connectivity index (χ2v) is 7.82. The molecule has 21 heavy (non-hydrogen) atoms. The number of hydrogen-bond acceptors (Lipinski definition) is 2. The minimum absolute atomic E-state index is 0.182. The van der Waals surface area contributed by atoms with Gasteiger partial charge in [0.25, 0.3) is 0 Å². The van der Waals surface area contributed by atoms with Crippen LogP contribution in [0, 0.1) is 5.92 Å². The summed E-state index contributed by atoms with van der Waals surface area (Å²) in [5, 5.41) is 10.1. The molecule has 0 aromatic heterocycles. The van der Waals surface area contributed by atoms with Crippen molar-refractivity contribution >= 4 is 15.9 Å². The van der Waals surface area contributed by atoms with E-state index in [4.69, 9.17) is 4.74 Å². The Hall–Kier alpha value is -0.380. The quantitative estimate of drug-likeness (QED) is 0.770. The van der Waals surface area contributed by atoms with Crippen LogP contribution >= 0.6 is 15.9 Å². The van der Waals surface area contributed by atoms with Crippen LogP contribution in [0.25, 0.3) is 0 Å². The summed E-state index contributed by atoms with van der Waals surface area (Å²) >= 11 is 3.76. The molecule has 2 nitrogen and oxygen atoms in total. The number of benzene rings is 1. The predicted octanol–water partition coefficient (Wildman–Crippen LogP) is 4.34. The summed E-state index contributed by atoms with van der Waals surface area (Å²) in [5.74, 6) is 0.298. The predicted molar refractivity (Wildman–Crippen MR) is 90.8 cm³/mol. The van der Waals surface area contributed by atoms with Gasteiger partial charge in [-0.2, -0.15) is 0 Å². The van der Waals surface area contributed by atoms with E-state index >= 15 is 0 Å². The van der Waals surface area contributed by atoms with Gasteiger partial charge in [0.1, 0.15) is 0 Å². The first-order chi connectivity index (χ1) is 10.0. The molecule has 1 aromatic carbocycles. The molecule has 0 spiro atoms. The Morgan fingerprint density at radius 2 is 1.86 bits per heavy atom. The molecule has 0 bridgehead atoms. The van der Waals surface area contributed by atoms with Gasteiger partial charge in [-0.25, -0.2) is 0 Å². The van der Waals surface area contributed by atoms with Gasteiger partial charge in [-0.3, -0.25) is 0 Å². The van der Waals surface area contributed by atoms with Crippen molar-refractivity contribution in [3.8, 4) is 0 Å². The third-order valence-electron chi connectivity index (χ3n) is 4.29. The first-order valence-electron chi connectivity index (χ1n) is 8.06. The largest absolute Gasteiger partial charge is 0.393 e. The fourth-order valence-corrected chi connectivity index (χ4v) is 3.74. The summed E-state index contributed by atoms with van der Waals surface area (Å²) in [4.78, 5) is 0.511. The van der Waals surface area contributed by atoms with Crippen LogP contribution in [0.4, 0.5) is 0 Å². The molecule has 1 fully saturated rings. The SMILES string of the molecule is CC(C)C(O)C[C@@H]1C[C@H](Br)C[C@H](CCc2ccccc2)O1. The van der Waals surface area contributed by atoms with Crippen LogP contribution in [0.2, 0.25) is 0 Å². The Balaban J connectivity index is 1.83. The van der Waals surface area contributed by atoms with E-state index < -0.39 is 0 Å². The highest BCUT2D eigenvalue weighted by Crippen LogP contribution is 2.30. The van der Waals surface area contributed by atoms with E-state index in [2.05, 4.69) is 60.1 Å². The molecule has 118 valence electrons. The van der Waals surface area contributed by atoms with Crippen molar-refractivity contribution in [2.24, 2.45) is 5.92 Å². The van der Waals surface area contributed by atoms with Gasteiger partial charge < -0.3 is 9.84 Å². The fourth-order valence-electron chi connectivity index (χ4n) is 2.90. The van der Waals surface area contributed by atoms with Gasteiger partial charge in [-0.05, 0) is 43.6 Å². The third kappa shape index (κ3) is 5.72. The van der Waals surface area contributed by atoms with Gasteiger partial charge in [-0.1, -0.05) is 60.1 Å². The molecule has 1 heterocycles. The van der Waals surface area contributed by atoms with Crippen LogP contribution in [-0.2, 0) is 11.2 Å². The van der Waals surface area contributed by atoms with Crippen LogP contribution in [0.5, 0.6) is 0 Å². The van der Waals surface area contributed by atoms with E-state index in [-0.39, 0.29) is 12.2 Å². The number of aliphatic hydroxyl groups is 1. The van der Waals surface area contributed by atoms with Gasteiger partial charge >= 0.3 is 0 Å². The monoisotopic (exact) mass is 354 g/mol. The fraction of sp³-hybridized carbons (Fsp3) is 0.667. The Morgan fingerprint density at radius 3 is 2.52 bits per heavy atom. The standard InChI is InChI=1S/C18H27BrO2/c1-13(2)18(20)12-17-11-15(19)10-16(21-17)9-8-14-6-4-3-5-7-14/h3-7,13,15-18,20H,8-12H2,1-2H3/t15-,16+,17+,18?/m1/s1. The first-order valence-corrected chi connectivity index (χ1v) is 8.97. The number of halogens is 1. The molecule has 0 aliphatic carbocycles. The van der Waals surface area contributed by atoms with Crippen LogP contribution in [-0.4, -0.2) is 28.2 Å². The lowest BCUT2D eigenvalue weighted by atomic mass is 9.93. The van der Waals surface area contributed by atoms with Gasteiger partial charge in [0.05, 0.1) is 18.3 Å². The number of ether oxygens (including phenoxy) is 1. The topological polar surface area (TPSA) is 29.5 Å². The average Bonchev–Trinajstić information content (AvgIpc) is 2.45. The Morgan fingerprint density at radius 1 is 1.19 bits per heavy atom. The van der Waals surface area contributed by atoms with Crippen molar-refractivity contribution in [1.29, 1.82) is 0 Å². The molecule has 3 heteroatoms. The molecule has 1 aliphatic heterocycles. The highest BCUT2D eigenvalue weighted by Gasteiger charge is 2.29. The van der Waals surface area contributed by atoms with E-state index in [0.717, 1.165) is 32.1 Å². The zero-order valence-electron chi connectivity index (χ0n) is 13.0. The number of aliphatic hydroxyl groups excluding tert-OH is 1. The Labute approximate surface area is 137 Å². The molecule has 4 atom stereocenters. The van der Waals surface area contributed by atoms with Crippen LogP contribution in [0.15, 0.2) is 30.3 Å². The summed E-state index contributed by atoms with van der Waals surface area (Å²) in [6.07, 6.45) is 5.16. The minimum atomic E-state index is -0.262. The van der Waals surface area contributed by atoms with Crippen molar-refractivity contribution in [2.45, 2.75) is 69.1 Å². The molecule has 1 unspecified atom stereocenters. The van der Waals surface area contributed by atoms with Crippen molar-refractivity contribution < 1.29 is 9.84 Å². The lowest BCUT2D eigenvalue weighted by Gasteiger charge is -2.35. The Bertz CT molecular complexity index is 407. The number of rotatable bonds is 6. The smallest absolute Gasteiger partial charge is 0.0614 e. The first kappa shape index (κ1) is 17.0. The second kappa shape index (κ2) is 8.30. The van der Waals surface area contributed by atoms with E-state index in [1.54, 1.807) is 0 Å². The van der Waals surface area contributed by atoms with Crippen LogP contribution < -0.4 is 0 Å². The lowest BCUT2D eigenvalue weighted by Crippen LogP contribution is -2.36. The maximum absolute atomic E-state index is 10.1. The molecule has 0 amide bonds. The summed E-state index contributed by atoms with van der Waals surface area (Å²) in [6.45, 7) is 4.12. The number of alkyl halides is 1. The lowest BCUT2D eigenvalue weighted by molar-refractivity contribution is -0.0728. The van der Waals surface area contributed by atoms with Crippen LogP contribution in [0.3, 0.4) is 0 Å². The molecule has 0 saturated carbocycles. The molecule has 2 rings (SSSR count). The molecular formula is C18H27BrO2. The second-order valence-electron chi connectivity index (χ2n) is 6.52. The summed E-state index contributed by atoms with van der Waals surface area (Å²) < 4.78 is 6.21. The van der Waals surface area contributed by atoms with E-state index in [9.17, 15) is 5.11 Å². The summed E-state index contributed by atoms with van der Waals surface area (Å²) in [6, 6.07) is 10.6. The maximum Gasteiger partial charge on any atom is 0.0614 e. The maximum atomic E-state index is 10.1. The highest BCUT2D eigenvalue weighted by atomic mass is 79.9. The summed E-state index contributed by atoms with van der Waals surface area (Å²) in [5.41, 5.74) is 1.37. The van der Waals surface area contributed by atoms with Gasteiger partial charge in [0.2, 0.25) is 0 Å². The molecule has 1 N–H and O–H groups in total. The third-order valence-corrected chi connectivity index (χ3v) is 5.04. The zero-order valence-corrected chi connectivity index (χ0v) is 14.6. The van der Waals surface area contributed by atoms with E-state index in [1.165, 1.54) is 5.56 Å². The Kier molecular flexibility index (Phi) is 6.72. The number of aryl methyl sites for hydroxylation is 1. The zero-order chi connectivity index (χ0) is 15.2. The number of hydrogen-bond donors (Lipinski definition) is 1. The van der Waals surface area contributed by atoms with Gasteiger partial charge in [0, 0.05) is 4.83 Å². The van der Waals surface area contributed by atoms with Crippen molar-refractivity contribution in [3.05, 3.63) is 35.9 Å². The molecular weight excluding hydrogens is 328 g/mol. The van der Waals surface area contributed by atoms with Crippen molar-refractivity contribution in [1.82, 2.24) is 0 Å². The van der Waals surface area contributed by atoms with Gasteiger partial charge in [-0.15, -0.1) is 0 Å². The van der Waals surface area contributed by atoms with Gasteiger partial charge in [0.15, 0.2) is 0 Å². The average molecular weight is 355 g/mol.